The number of hydrogen-bond acceptors (Lipinski definition) is 3. The summed E-state index contributed by atoms with van der Waals surface area (Å²) in [6.07, 6.45) is 3.13. The van der Waals surface area contributed by atoms with Gasteiger partial charge in [-0.15, -0.1) is 0 Å². The first-order chi connectivity index (χ1) is 3.80. The van der Waals surface area contributed by atoms with Crippen molar-refractivity contribution in [2.24, 2.45) is 0 Å². The molecule has 0 aliphatic carbocycles. The third-order valence-electron chi connectivity index (χ3n) is 0.819. The van der Waals surface area contributed by atoms with E-state index in [0.29, 0.717) is 0 Å². The molecule has 0 aliphatic rings. The van der Waals surface area contributed by atoms with E-state index in [1.165, 1.54) is 6.33 Å². The summed E-state index contributed by atoms with van der Waals surface area (Å²) in [7, 11) is 0. The highest BCUT2D eigenvalue weighted by atomic mass is 32.1. The molecule has 4 heteroatoms. The molecule has 0 aromatic carbocycles. The van der Waals surface area contributed by atoms with Crippen molar-refractivity contribution in [3.63, 3.8) is 0 Å². The van der Waals surface area contributed by atoms with Gasteiger partial charge in [0, 0.05) is 0 Å². The summed E-state index contributed by atoms with van der Waals surface area (Å²) in [5.41, 5.74) is 0. The highest BCUT2D eigenvalue weighted by molar-refractivity contribution is 7.80. The lowest BCUT2D eigenvalue weighted by Crippen LogP contribution is -1.97. The molecule has 1 aromatic rings. The normalized spacial score (nSPS) is 13.8. The highest BCUT2D eigenvalue weighted by Crippen LogP contribution is 2.04. The van der Waals surface area contributed by atoms with Crippen LogP contribution >= 0.6 is 12.6 Å². The Labute approximate surface area is 53.1 Å². The van der Waals surface area contributed by atoms with Crippen LogP contribution in [-0.4, -0.2) is 14.8 Å². The highest BCUT2D eigenvalue weighted by Gasteiger charge is 1.93. The van der Waals surface area contributed by atoms with Crippen molar-refractivity contribution in [1.29, 1.82) is 0 Å². The standard InChI is InChI=1S/C4H7N3S/c1-4(8)7-3-5-2-6-7/h2-4,8H,1H3. The van der Waals surface area contributed by atoms with E-state index in [1.54, 1.807) is 11.0 Å². The predicted octanol–water partition coefficient (Wildman–Crippen LogP) is 0.726. The van der Waals surface area contributed by atoms with E-state index in [1.807, 2.05) is 6.92 Å². The SMILES string of the molecule is CC(S)n1cncn1. The lowest BCUT2D eigenvalue weighted by atomic mass is 10.8. The second-order valence-corrected chi connectivity index (χ2v) is 2.25. The molecule has 1 rings (SSSR count). The van der Waals surface area contributed by atoms with Crippen LogP contribution in [0.1, 0.15) is 12.3 Å². The van der Waals surface area contributed by atoms with E-state index >= 15 is 0 Å². The van der Waals surface area contributed by atoms with Crippen LogP contribution in [0, 0.1) is 0 Å². The molecule has 3 nitrogen and oxygen atoms in total. The van der Waals surface area contributed by atoms with Crippen LogP contribution < -0.4 is 0 Å². The molecule has 0 saturated carbocycles. The third-order valence-corrected chi connectivity index (χ3v) is 1.06. The lowest BCUT2D eigenvalue weighted by Gasteiger charge is -1.99. The first-order valence-electron chi connectivity index (χ1n) is 2.33. The Balaban J connectivity index is 2.77. The van der Waals surface area contributed by atoms with Crippen molar-refractivity contribution >= 4 is 12.6 Å². The van der Waals surface area contributed by atoms with E-state index in [0.717, 1.165) is 0 Å². The summed E-state index contributed by atoms with van der Waals surface area (Å²) in [6.45, 7) is 1.93. The molecule has 0 saturated heterocycles. The Kier molecular flexibility index (Phi) is 1.53. The summed E-state index contributed by atoms with van der Waals surface area (Å²) >= 11 is 4.11. The molecular formula is C4H7N3S. The summed E-state index contributed by atoms with van der Waals surface area (Å²) in [4.78, 5) is 3.75. The largest absolute Gasteiger partial charge is 0.240 e. The number of hydrogen-bond donors (Lipinski definition) is 1. The third kappa shape index (κ3) is 1.01. The Bertz CT molecular complexity index is 146. The Hall–Kier alpha value is -0.510. The van der Waals surface area contributed by atoms with Gasteiger partial charge < -0.3 is 0 Å². The van der Waals surface area contributed by atoms with Gasteiger partial charge in [0.15, 0.2) is 0 Å². The quantitative estimate of drug-likeness (QED) is 0.566. The average molecular weight is 129 g/mol. The lowest BCUT2D eigenvalue weighted by molar-refractivity contribution is 0.644. The first-order valence-corrected chi connectivity index (χ1v) is 2.84. The Morgan fingerprint density at radius 2 is 2.50 bits per heavy atom. The fourth-order valence-electron chi connectivity index (χ4n) is 0.410. The van der Waals surface area contributed by atoms with Crippen molar-refractivity contribution in [2.75, 3.05) is 0 Å². The number of aromatic nitrogens is 3. The molecule has 1 atom stereocenters. The van der Waals surface area contributed by atoms with Crippen molar-refractivity contribution in [2.45, 2.75) is 12.3 Å². The molecule has 8 heavy (non-hydrogen) atoms. The molecule has 1 aromatic heterocycles. The zero-order chi connectivity index (χ0) is 5.98. The van der Waals surface area contributed by atoms with Crippen LogP contribution in [0.4, 0.5) is 0 Å². The maximum absolute atomic E-state index is 4.11. The van der Waals surface area contributed by atoms with Gasteiger partial charge in [-0.25, -0.2) is 9.67 Å². The van der Waals surface area contributed by atoms with Gasteiger partial charge in [-0.2, -0.15) is 17.7 Å². The number of nitrogens with zero attached hydrogens (tertiary/aromatic N) is 3. The topological polar surface area (TPSA) is 30.7 Å². The van der Waals surface area contributed by atoms with Gasteiger partial charge in [-0.1, -0.05) is 0 Å². The number of thiol groups is 1. The smallest absolute Gasteiger partial charge is 0.137 e. The van der Waals surface area contributed by atoms with Gasteiger partial charge in [0.2, 0.25) is 0 Å². The van der Waals surface area contributed by atoms with Crippen LogP contribution in [0.5, 0.6) is 0 Å². The molecule has 0 aliphatic heterocycles. The second kappa shape index (κ2) is 2.17. The average Bonchev–Trinajstić information content (AvgIpc) is 2.12. The van der Waals surface area contributed by atoms with E-state index in [2.05, 4.69) is 22.7 Å². The summed E-state index contributed by atoms with van der Waals surface area (Å²) in [5.74, 6) is 0. The fraction of sp³-hybridized carbons (Fsp3) is 0.500. The monoisotopic (exact) mass is 129 g/mol. The van der Waals surface area contributed by atoms with Crippen molar-refractivity contribution < 1.29 is 0 Å². The molecule has 1 unspecified atom stereocenters. The van der Waals surface area contributed by atoms with Gasteiger partial charge in [-0.05, 0) is 6.92 Å². The zero-order valence-corrected chi connectivity index (χ0v) is 5.42. The van der Waals surface area contributed by atoms with E-state index in [-0.39, 0.29) is 5.37 Å². The minimum atomic E-state index is 0.123. The molecule has 0 bridgehead atoms. The van der Waals surface area contributed by atoms with Crippen molar-refractivity contribution in [3.8, 4) is 0 Å². The molecule has 0 N–H and O–H groups in total. The van der Waals surface area contributed by atoms with Crippen LogP contribution in [0.25, 0.3) is 0 Å². The summed E-state index contributed by atoms with van der Waals surface area (Å²) in [6, 6.07) is 0. The summed E-state index contributed by atoms with van der Waals surface area (Å²) in [5, 5.41) is 3.97. The molecule has 0 radical (unpaired) electrons. The maximum Gasteiger partial charge on any atom is 0.137 e. The molecular weight excluding hydrogens is 122 g/mol. The predicted molar refractivity (Wildman–Crippen MR) is 33.7 cm³/mol. The van der Waals surface area contributed by atoms with Crippen LogP contribution in [-0.2, 0) is 0 Å². The molecule has 1 heterocycles. The Morgan fingerprint density at radius 1 is 1.75 bits per heavy atom. The minimum absolute atomic E-state index is 0.123. The van der Waals surface area contributed by atoms with Gasteiger partial charge in [0.1, 0.15) is 12.7 Å². The van der Waals surface area contributed by atoms with Gasteiger partial charge in [0.25, 0.3) is 0 Å². The molecule has 0 spiro atoms. The van der Waals surface area contributed by atoms with Crippen molar-refractivity contribution in [3.05, 3.63) is 12.7 Å². The second-order valence-electron chi connectivity index (χ2n) is 1.51. The van der Waals surface area contributed by atoms with Crippen molar-refractivity contribution in [1.82, 2.24) is 14.8 Å². The van der Waals surface area contributed by atoms with Gasteiger partial charge in [0.05, 0.1) is 5.37 Å². The van der Waals surface area contributed by atoms with E-state index < -0.39 is 0 Å². The van der Waals surface area contributed by atoms with Gasteiger partial charge >= 0.3 is 0 Å². The molecule has 44 valence electrons. The zero-order valence-electron chi connectivity index (χ0n) is 4.52. The number of rotatable bonds is 1. The van der Waals surface area contributed by atoms with Crippen LogP contribution in [0.15, 0.2) is 12.7 Å². The van der Waals surface area contributed by atoms with E-state index in [4.69, 9.17) is 0 Å². The van der Waals surface area contributed by atoms with Crippen LogP contribution in [0.3, 0.4) is 0 Å². The maximum atomic E-state index is 4.11. The van der Waals surface area contributed by atoms with Gasteiger partial charge in [-0.3, -0.25) is 0 Å². The first kappa shape index (κ1) is 5.62. The Morgan fingerprint density at radius 3 is 2.75 bits per heavy atom. The van der Waals surface area contributed by atoms with Crippen LogP contribution in [0.2, 0.25) is 0 Å². The molecule has 0 fully saturated rings. The fourth-order valence-corrected chi connectivity index (χ4v) is 0.530. The van der Waals surface area contributed by atoms with E-state index in [9.17, 15) is 0 Å². The minimum Gasteiger partial charge on any atom is -0.240 e. The molecule has 0 amide bonds. The summed E-state index contributed by atoms with van der Waals surface area (Å²) < 4.78 is 1.67.